The number of likely N-dealkylation sites (tertiary alicyclic amines) is 1. The molecule has 1 aliphatic carbocycles. The molecule has 0 spiro atoms. The average Bonchev–Trinajstić information content (AvgIpc) is 1.68. The maximum absolute atomic E-state index is 14.0. The SMILES string of the molecule is CC(C)C[C@H](NC(=O)[C@H](CO)NC(=O)[C@@H]1CCCN1C(=O)[C@@H](C)NC(=O)c1ccncc1)C(=O)OCOC(=O)CC[C@H](NC(=O)N[C@@H](CCCCNC(=O)[C@H](Cc1ccc2ccccc2c1)NC(=O)[C@H]1CC[C@H](CNC(=O)CN2CCN(CC(=O)O)CCN(CC(=O)O)CCN(CC(=O)O)CC2)CC1)C(=O)O)C(=O)O. The van der Waals surface area contributed by atoms with E-state index in [1.165, 1.54) is 36.4 Å². The van der Waals surface area contributed by atoms with Crippen molar-refractivity contribution in [1.29, 1.82) is 0 Å². The third kappa shape index (κ3) is 30.9. The number of urea groups is 1. The van der Waals surface area contributed by atoms with Crippen molar-refractivity contribution in [2.75, 3.05) is 112 Å². The van der Waals surface area contributed by atoms with Crippen molar-refractivity contribution in [2.24, 2.45) is 17.8 Å². The number of nitrogens with one attached hydrogen (secondary N) is 8. The molecule has 1 saturated carbocycles. The smallest absolute Gasteiger partial charge is 0.331 e. The lowest BCUT2D eigenvalue weighted by Gasteiger charge is -2.33. The van der Waals surface area contributed by atoms with Gasteiger partial charge in [0, 0.05) is 109 Å². The molecule has 0 bridgehead atoms. The molecule has 2 aliphatic heterocycles. The molecule has 37 nitrogen and oxygen atoms in total. The summed E-state index contributed by atoms with van der Waals surface area (Å²) in [7, 11) is 0. The molecule has 1 aromatic heterocycles. The predicted molar refractivity (Wildman–Crippen MR) is 391 cm³/mol. The number of aromatic nitrogens is 1. The minimum Gasteiger partial charge on any atom is -0.480 e. The van der Waals surface area contributed by atoms with Gasteiger partial charge in [-0.2, -0.15) is 0 Å². The molecule has 604 valence electrons. The minimum atomic E-state index is -1.75. The summed E-state index contributed by atoms with van der Waals surface area (Å²) in [5, 5.41) is 81.2. The zero-order chi connectivity index (χ0) is 80.4. The van der Waals surface area contributed by atoms with Gasteiger partial charge in [0.25, 0.3) is 5.91 Å². The van der Waals surface area contributed by atoms with Crippen LogP contribution in [0.5, 0.6) is 0 Å². The second-order valence-electron chi connectivity index (χ2n) is 28.1. The van der Waals surface area contributed by atoms with Crippen molar-refractivity contribution in [2.45, 2.75) is 147 Å². The first kappa shape index (κ1) is 88.4. The Hall–Kier alpha value is -10.5. The van der Waals surface area contributed by atoms with Gasteiger partial charge in [-0.05, 0) is 118 Å². The van der Waals surface area contributed by atoms with Gasteiger partial charge >= 0.3 is 47.8 Å². The Balaban J connectivity index is 0.924. The minimum absolute atomic E-state index is 0.0175. The number of nitrogens with zero attached hydrogens (tertiary/aromatic N) is 6. The van der Waals surface area contributed by atoms with Crippen molar-refractivity contribution in [3.8, 4) is 0 Å². The topological polar surface area (TPSA) is 521 Å². The van der Waals surface area contributed by atoms with E-state index >= 15 is 0 Å². The maximum atomic E-state index is 14.0. The number of carbonyl (C=O) groups excluding carboxylic acids is 10. The summed E-state index contributed by atoms with van der Waals surface area (Å²) < 4.78 is 10.1. The molecule has 3 heterocycles. The number of rotatable bonds is 40. The largest absolute Gasteiger partial charge is 0.480 e. The Morgan fingerprint density at radius 2 is 1.11 bits per heavy atom. The Morgan fingerprint density at radius 1 is 0.545 bits per heavy atom. The van der Waals surface area contributed by atoms with Crippen LogP contribution in [0, 0.1) is 17.8 Å². The Bertz CT molecular complexity index is 3630. The second-order valence-corrected chi connectivity index (χ2v) is 28.1. The van der Waals surface area contributed by atoms with Gasteiger partial charge in [-0.3, -0.25) is 77.3 Å². The van der Waals surface area contributed by atoms with Crippen molar-refractivity contribution in [3.05, 3.63) is 78.1 Å². The quantitative estimate of drug-likeness (QED) is 0.0181. The number of aliphatic hydroxyl groups excluding tert-OH is 1. The molecule has 3 aromatic rings. The summed E-state index contributed by atoms with van der Waals surface area (Å²) in [6, 6.07) is 5.61. The third-order valence-corrected chi connectivity index (χ3v) is 19.2. The van der Waals surface area contributed by atoms with Crippen LogP contribution in [0.15, 0.2) is 67.0 Å². The molecule has 14 N–H and O–H groups in total. The molecule has 7 atom stereocenters. The van der Waals surface area contributed by atoms with E-state index in [0.29, 0.717) is 38.6 Å². The standard InChI is InChI=1S/C73H104N14O23/c1-45(2)35-56(79-67(100)57(43-88)80-68(101)58-12-8-26-87(58)69(102)46(3)77-64(97)51-21-24-74-25-22-51)72(107)110-44-109-63(96)20-19-54(71(105)106)82-73(108)81-53(70(103)104)11-6-7-23-75-66(99)55(37-48-15-16-49-9-4-5-10-52(49)36-48)78-65(98)50-17-13-47(14-18-50)38-76-59(89)39-83-27-29-84(40-60(90)91)31-33-86(42-62(94)95)34-32-85(30-28-83)41-61(92)93/h4-5,9-10,15-16,21-22,24-25,36,45-47,50,53-58,88H,6-8,11-14,17-20,23,26-35,37-44H2,1-3H3,(H,75,99)(H,76,89)(H,77,97)(H,78,98)(H,79,100)(H,80,101)(H,90,91)(H,92,93)(H,94,95)(H,103,104)(H,105,106)(H2,81,82,108)/t46-,47-,50-,53+,54+,55+,56+,57+,58+/m1/s1. The van der Waals surface area contributed by atoms with Gasteiger partial charge in [0.15, 0.2) is 0 Å². The first-order valence-corrected chi connectivity index (χ1v) is 36.9. The fourth-order valence-electron chi connectivity index (χ4n) is 13.1. The number of aliphatic hydroxyl groups is 1. The number of pyridine rings is 1. The number of carbonyl (C=O) groups is 15. The lowest BCUT2D eigenvalue weighted by atomic mass is 9.81. The van der Waals surface area contributed by atoms with Gasteiger partial charge in [0.2, 0.25) is 42.2 Å². The van der Waals surface area contributed by atoms with E-state index in [4.69, 9.17) is 9.47 Å². The first-order valence-electron chi connectivity index (χ1n) is 36.9. The van der Waals surface area contributed by atoms with Crippen LogP contribution in [0.4, 0.5) is 4.79 Å². The monoisotopic (exact) mass is 1540 g/mol. The zero-order valence-electron chi connectivity index (χ0n) is 62.1. The second kappa shape index (κ2) is 45.5. The molecule has 9 amide bonds. The number of carboxylic acid groups (broad SMARTS) is 5. The summed E-state index contributed by atoms with van der Waals surface area (Å²) in [5.41, 5.74) is 1.02. The summed E-state index contributed by atoms with van der Waals surface area (Å²) >= 11 is 0. The van der Waals surface area contributed by atoms with Crippen molar-refractivity contribution >= 4 is 99.9 Å². The Labute approximate surface area is 635 Å². The average molecular weight is 1550 g/mol. The summed E-state index contributed by atoms with van der Waals surface area (Å²) in [5.74, 6) is -13.2. The van der Waals surface area contributed by atoms with E-state index in [-0.39, 0.29) is 159 Å². The summed E-state index contributed by atoms with van der Waals surface area (Å²) in [6.07, 6.45) is 4.56. The van der Waals surface area contributed by atoms with Crippen molar-refractivity contribution in [1.82, 2.24) is 72.0 Å². The van der Waals surface area contributed by atoms with E-state index in [1.54, 1.807) is 28.5 Å². The van der Waals surface area contributed by atoms with Crippen LogP contribution in [-0.4, -0.2) is 303 Å². The summed E-state index contributed by atoms with van der Waals surface area (Å²) in [6.45, 7) is 4.45. The van der Waals surface area contributed by atoms with Crippen molar-refractivity contribution in [3.63, 3.8) is 0 Å². The number of hydrogen-bond acceptors (Lipinski definition) is 23. The van der Waals surface area contributed by atoms with Crippen LogP contribution in [0.3, 0.4) is 0 Å². The number of carboxylic acids is 5. The molecule has 37 heteroatoms. The highest BCUT2D eigenvalue weighted by atomic mass is 16.7. The lowest BCUT2D eigenvalue weighted by Crippen LogP contribution is -2.58. The molecule has 110 heavy (non-hydrogen) atoms. The van der Waals surface area contributed by atoms with Gasteiger partial charge in [-0.25, -0.2) is 19.2 Å². The number of fused-ring (bicyclic) bond motifs is 1. The molecule has 3 aliphatic rings. The van der Waals surface area contributed by atoms with E-state index in [2.05, 4.69) is 47.5 Å². The fraction of sp³-hybridized carbons (Fsp3) is 0.589. The van der Waals surface area contributed by atoms with Crippen LogP contribution in [0.2, 0.25) is 0 Å². The fourth-order valence-corrected chi connectivity index (χ4v) is 13.1. The van der Waals surface area contributed by atoms with Gasteiger partial charge in [0.05, 0.1) is 32.8 Å². The van der Waals surface area contributed by atoms with Gasteiger partial charge in [-0.1, -0.05) is 56.3 Å². The normalized spacial score (nSPS) is 18.5. The first-order chi connectivity index (χ1) is 52.4. The van der Waals surface area contributed by atoms with Crippen LogP contribution < -0.4 is 42.5 Å². The molecule has 6 rings (SSSR count). The highest BCUT2D eigenvalue weighted by Crippen LogP contribution is 2.29. The van der Waals surface area contributed by atoms with Crippen LogP contribution in [0.1, 0.15) is 114 Å². The predicted octanol–water partition coefficient (Wildman–Crippen LogP) is -1.21. The van der Waals surface area contributed by atoms with Crippen LogP contribution >= 0.6 is 0 Å². The number of unbranched alkanes of at least 4 members (excludes halogenated alkanes) is 1. The number of ether oxygens (including phenoxy) is 2. The molecule has 2 aromatic carbocycles. The maximum Gasteiger partial charge on any atom is 0.331 e. The molecule has 0 radical (unpaired) electrons. The molecular weight excluding hydrogens is 1440 g/mol. The lowest BCUT2D eigenvalue weighted by molar-refractivity contribution is -0.170. The highest BCUT2D eigenvalue weighted by molar-refractivity contribution is 5.99. The molecule has 0 unspecified atom stereocenters. The number of hydrogen-bond donors (Lipinski definition) is 14. The van der Waals surface area contributed by atoms with Gasteiger partial charge in [0.1, 0.15) is 42.3 Å². The van der Waals surface area contributed by atoms with E-state index < -0.39 is 152 Å². The van der Waals surface area contributed by atoms with Crippen LogP contribution in [-0.2, 0) is 78.2 Å². The van der Waals surface area contributed by atoms with Gasteiger partial charge < -0.3 is 87.5 Å². The molecule has 2 saturated heterocycles. The zero-order valence-corrected chi connectivity index (χ0v) is 62.1. The third-order valence-electron chi connectivity index (χ3n) is 19.2. The Morgan fingerprint density at radius 3 is 1.67 bits per heavy atom. The molecular formula is C73H104N14O23. The van der Waals surface area contributed by atoms with E-state index in [0.717, 1.165) is 16.3 Å². The number of esters is 2. The molecule has 3 fully saturated rings. The van der Waals surface area contributed by atoms with E-state index in [1.807, 2.05) is 47.4 Å². The Kier molecular flexibility index (Phi) is 36.5. The summed E-state index contributed by atoms with van der Waals surface area (Å²) in [4.78, 5) is 205. The number of aliphatic carboxylic acids is 5. The highest BCUT2D eigenvalue weighted by Gasteiger charge is 2.39. The number of amides is 9. The van der Waals surface area contributed by atoms with Crippen LogP contribution in [0.25, 0.3) is 10.8 Å². The van der Waals surface area contributed by atoms with Crippen molar-refractivity contribution < 1.29 is 112 Å². The van der Waals surface area contributed by atoms with Gasteiger partial charge in [-0.15, -0.1) is 0 Å². The number of benzene rings is 2. The van der Waals surface area contributed by atoms with E-state index in [9.17, 15) is 103 Å².